The van der Waals surface area contributed by atoms with Crippen molar-refractivity contribution in [2.75, 3.05) is 0 Å². The van der Waals surface area contributed by atoms with Crippen LogP contribution in [0.3, 0.4) is 0 Å². The molecule has 0 saturated heterocycles. The summed E-state index contributed by atoms with van der Waals surface area (Å²) in [5.41, 5.74) is 3.82. The maximum Gasteiger partial charge on any atom is 0.239 e. The standard InChI is InChI=1S/C21H15N5O/c1-3-7-14(8-4-1)16-19(15-9-5-2-6-10-15)27-21(26-16)18-17-20(25-13-24-18)23-12-11-22-17/h1-13,16,19H. The van der Waals surface area contributed by atoms with Crippen molar-refractivity contribution >= 4 is 17.1 Å². The summed E-state index contributed by atoms with van der Waals surface area (Å²) in [5.74, 6) is 0.464. The molecule has 1 aliphatic rings. The van der Waals surface area contributed by atoms with E-state index in [1.807, 2.05) is 36.4 Å². The molecule has 0 radical (unpaired) electrons. The van der Waals surface area contributed by atoms with Gasteiger partial charge in [-0.2, -0.15) is 0 Å². The zero-order chi connectivity index (χ0) is 18.1. The number of ether oxygens (including phenoxy) is 1. The van der Waals surface area contributed by atoms with E-state index in [0.717, 1.165) is 11.1 Å². The van der Waals surface area contributed by atoms with E-state index in [4.69, 9.17) is 9.73 Å². The molecule has 2 unspecified atom stereocenters. The SMILES string of the molecule is c1ccc(C2N=C(c3ncnc4nccnc34)OC2c2ccccc2)cc1. The van der Waals surface area contributed by atoms with Gasteiger partial charge in [-0.05, 0) is 11.1 Å². The lowest BCUT2D eigenvalue weighted by Crippen LogP contribution is -2.11. The van der Waals surface area contributed by atoms with Crippen molar-refractivity contribution in [1.82, 2.24) is 19.9 Å². The van der Waals surface area contributed by atoms with Crippen LogP contribution in [0.15, 0.2) is 84.4 Å². The van der Waals surface area contributed by atoms with Crippen LogP contribution in [-0.2, 0) is 4.74 Å². The molecule has 2 aromatic carbocycles. The minimum atomic E-state index is -0.231. The maximum atomic E-state index is 6.30. The summed E-state index contributed by atoms with van der Waals surface area (Å²) in [6, 6.07) is 20.1. The molecular formula is C21H15N5O. The smallest absolute Gasteiger partial charge is 0.239 e. The molecule has 2 aromatic heterocycles. The van der Waals surface area contributed by atoms with Gasteiger partial charge in [0.25, 0.3) is 0 Å². The number of aliphatic imine (C=N–C) groups is 1. The molecule has 6 heteroatoms. The Bertz CT molecular complexity index is 1110. The highest BCUT2D eigenvalue weighted by molar-refractivity contribution is 6.02. The lowest BCUT2D eigenvalue weighted by molar-refractivity contribution is 0.196. The fraction of sp³-hybridized carbons (Fsp3) is 0.0952. The van der Waals surface area contributed by atoms with Crippen LogP contribution in [0.25, 0.3) is 11.2 Å². The van der Waals surface area contributed by atoms with Crippen LogP contribution in [0.5, 0.6) is 0 Å². The normalized spacial score (nSPS) is 18.9. The first-order valence-corrected chi connectivity index (χ1v) is 8.66. The summed E-state index contributed by atoms with van der Waals surface area (Å²) in [6.07, 6.45) is 4.46. The largest absolute Gasteiger partial charge is 0.465 e. The molecule has 5 rings (SSSR count). The van der Waals surface area contributed by atoms with Gasteiger partial charge in [-0.3, -0.25) is 0 Å². The van der Waals surface area contributed by atoms with Gasteiger partial charge < -0.3 is 4.74 Å². The van der Waals surface area contributed by atoms with Gasteiger partial charge in [0.05, 0.1) is 0 Å². The summed E-state index contributed by atoms with van der Waals surface area (Å²) in [6.45, 7) is 0. The quantitative estimate of drug-likeness (QED) is 0.562. The first kappa shape index (κ1) is 15.6. The fourth-order valence-corrected chi connectivity index (χ4v) is 3.27. The van der Waals surface area contributed by atoms with Crippen LogP contribution >= 0.6 is 0 Å². The molecule has 4 aromatic rings. The van der Waals surface area contributed by atoms with Crippen molar-refractivity contribution in [3.63, 3.8) is 0 Å². The molecule has 0 aliphatic carbocycles. The van der Waals surface area contributed by atoms with Gasteiger partial charge >= 0.3 is 0 Å². The van der Waals surface area contributed by atoms with Crippen molar-refractivity contribution in [2.24, 2.45) is 4.99 Å². The van der Waals surface area contributed by atoms with Crippen LogP contribution < -0.4 is 0 Å². The zero-order valence-electron chi connectivity index (χ0n) is 14.3. The molecule has 0 spiro atoms. The Morgan fingerprint density at radius 1 is 0.704 bits per heavy atom. The van der Waals surface area contributed by atoms with Crippen molar-refractivity contribution in [2.45, 2.75) is 12.1 Å². The highest BCUT2D eigenvalue weighted by Gasteiger charge is 2.35. The van der Waals surface area contributed by atoms with E-state index >= 15 is 0 Å². The van der Waals surface area contributed by atoms with Crippen LogP contribution in [0.2, 0.25) is 0 Å². The number of fused-ring (bicyclic) bond motifs is 1. The molecule has 0 fully saturated rings. The average Bonchev–Trinajstić information content (AvgIpc) is 3.20. The predicted molar refractivity (Wildman–Crippen MR) is 101 cm³/mol. The molecule has 0 bridgehead atoms. The van der Waals surface area contributed by atoms with E-state index in [1.165, 1.54) is 6.33 Å². The van der Waals surface area contributed by atoms with E-state index in [2.05, 4.69) is 44.2 Å². The molecular weight excluding hydrogens is 338 g/mol. The van der Waals surface area contributed by atoms with Gasteiger partial charge in [0, 0.05) is 12.4 Å². The molecule has 6 nitrogen and oxygen atoms in total. The number of nitrogens with zero attached hydrogens (tertiary/aromatic N) is 5. The lowest BCUT2D eigenvalue weighted by atomic mass is 9.97. The first-order chi connectivity index (χ1) is 13.4. The van der Waals surface area contributed by atoms with E-state index in [9.17, 15) is 0 Å². The minimum absolute atomic E-state index is 0.162. The van der Waals surface area contributed by atoms with Crippen molar-refractivity contribution in [3.8, 4) is 0 Å². The summed E-state index contributed by atoms with van der Waals surface area (Å²) >= 11 is 0. The molecule has 0 N–H and O–H groups in total. The monoisotopic (exact) mass is 353 g/mol. The third-order valence-electron chi connectivity index (χ3n) is 4.52. The van der Waals surface area contributed by atoms with E-state index in [0.29, 0.717) is 22.8 Å². The molecule has 0 amide bonds. The van der Waals surface area contributed by atoms with Crippen LogP contribution in [0.1, 0.15) is 29.0 Å². The number of rotatable bonds is 3. The van der Waals surface area contributed by atoms with Gasteiger partial charge in [-0.15, -0.1) is 0 Å². The number of hydrogen-bond acceptors (Lipinski definition) is 6. The van der Waals surface area contributed by atoms with Gasteiger partial charge in [0.2, 0.25) is 5.90 Å². The molecule has 1 aliphatic heterocycles. The number of hydrogen-bond donors (Lipinski definition) is 0. The first-order valence-electron chi connectivity index (χ1n) is 8.66. The molecule has 130 valence electrons. The predicted octanol–water partition coefficient (Wildman–Crippen LogP) is 3.68. The van der Waals surface area contributed by atoms with Gasteiger partial charge in [-0.1, -0.05) is 60.7 Å². The topological polar surface area (TPSA) is 73.2 Å². The Balaban J connectivity index is 1.63. The lowest BCUT2D eigenvalue weighted by Gasteiger charge is -2.18. The van der Waals surface area contributed by atoms with E-state index in [-0.39, 0.29) is 12.1 Å². The van der Waals surface area contributed by atoms with E-state index in [1.54, 1.807) is 12.4 Å². The highest BCUT2D eigenvalue weighted by atomic mass is 16.5. The minimum Gasteiger partial charge on any atom is -0.465 e. The fourth-order valence-electron chi connectivity index (χ4n) is 3.27. The summed E-state index contributed by atoms with van der Waals surface area (Å²) < 4.78 is 6.30. The highest BCUT2D eigenvalue weighted by Crippen LogP contribution is 2.41. The third-order valence-corrected chi connectivity index (χ3v) is 4.52. The molecule has 27 heavy (non-hydrogen) atoms. The molecule has 3 heterocycles. The van der Waals surface area contributed by atoms with Crippen LogP contribution in [0, 0.1) is 0 Å². The maximum absolute atomic E-state index is 6.30. The molecule has 0 saturated carbocycles. The van der Waals surface area contributed by atoms with Crippen molar-refractivity contribution in [1.29, 1.82) is 0 Å². The Kier molecular flexibility index (Phi) is 3.79. The number of benzene rings is 2. The Morgan fingerprint density at radius 2 is 1.41 bits per heavy atom. The van der Waals surface area contributed by atoms with Crippen molar-refractivity contribution < 1.29 is 4.74 Å². The van der Waals surface area contributed by atoms with E-state index < -0.39 is 0 Å². The summed E-state index contributed by atoms with van der Waals surface area (Å²) in [5, 5.41) is 0. The second-order valence-electron chi connectivity index (χ2n) is 6.19. The van der Waals surface area contributed by atoms with Gasteiger partial charge in [-0.25, -0.2) is 24.9 Å². The average molecular weight is 353 g/mol. The van der Waals surface area contributed by atoms with Crippen LogP contribution in [-0.4, -0.2) is 25.8 Å². The second kappa shape index (κ2) is 6.57. The van der Waals surface area contributed by atoms with Gasteiger partial charge in [0.1, 0.15) is 17.9 Å². The zero-order valence-corrected chi connectivity index (χ0v) is 14.3. The van der Waals surface area contributed by atoms with Gasteiger partial charge in [0.15, 0.2) is 17.4 Å². The Hall–Kier alpha value is -3.67. The van der Waals surface area contributed by atoms with Crippen molar-refractivity contribution in [3.05, 3.63) is 96.2 Å². The molecule has 2 atom stereocenters. The summed E-state index contributed by atoms with van der Waals surface area (Å²) in [7, 11) is 0. The number of aromatic nitrogens is 4. The van der Waals surface area contributed by atoms with Crippen LogP contribution in [0.4, 0.5) is 0 Å². The Morgan fingerprint density at radius 3 is 2.19 bits per heavy atom. The summed E-state index contributed by atoms with van der Waals surface area (Å²) in [4.78, 5) is 22.0. The second-order valence-corrected chi connectivity index (χ2v) is 6.19. The third kappa shape index (κ3) is 2.81. The Labute approximate surface area is 155 Å².